The molecule has 0 fully saturated rings. The monoisotopic (exact) mass is 184 g/mol. The fourth-order valence-corrected chi connectivity index (χ4v) is 0.708. The smallest absolute Gasteiger partial charge is 0.332 e. The Morgan fingerprint density at radius 3 is 2.62 bits per heavy atom. The van der Waals surface area contributed by atoms with Gasteiger partial charge in [-0.1, -0.05) is 0 Å². The summed E-state index contributed by atoms with van der Waals surface area (Å²) in [7, 11) is 1.75. The lowest BCUT2D eigenvalue weighted by molar-refractivity contribution is -0.137. The van der Waals surface area contributed by atoms with Crippen LogP contribution in [0, 0.1) is 0 Å². The van der Waals surface area contributed by atoms with Gasteiger partial charge in [0.2, 0.25) is 0 Å². The number of carbonyl (C=O) groups is 1. The summed E-state index contributed by atoms with van der Waals surface area (Å²) in [6.07, 6.45) is 2.90. The van der Waals surface area contributed by atoms with Crippen LogP contribution in [0.3, 0.4) is 0 Å². The summed E-state index contributed by atoms with van der Waals surface area (Å²) in [5, 5.41) is 5.63. The molecule has 0 unspecified atom stereocenters. The zero-order chi connectivity index (χ0) is 10.3. The Hall–Kier alpha value is -1.32. The second kappa shape index (κ2) is 6.22. The van der Waals surface area contributed by atoms with Crippen LogP contribution in [0.25, 0.3) is 0 Å². The lowest BCUT2D eigenvalue weighted by Crippen LogP contribution is -2.06. The molecule has 0 atom stereocenters. The summed E-state index contributed by atoms with van der Waals surface area (Å²) in [5.41, 5.74) is 0.927. The highest BCUT2D eigenvalue weighted by Crippen LogP contribution is 1.89. The van der Waals surface area contributed by atoms with Crippen molar-refractivity contribution in [1.29, 1.82) is 0 Å². The van der Waals surface area contributed by atoms with Crippen LogP contribution in [0.15, 0.2) is 17.4 Å². The minimum atomic E-state index is -0.349. The molecule has 13 heavy (non-hydrogen) atoms. The van der Waals surface area contributed by atoms with Crippen molar-refractivity contribution in [3.63, 3.8) is 0 Å². The van der Waals surface area contributed by atoms with Gasteiger partial charge >= 0.3 is 5.97 Å². The minimum Gasteiger partial charge on any atom is -0.463 e. The van der Waals surface area contributed by atoms with Crippen LogP contribution >= 0.6 is 0 Å². The van der Waals surface area contributed by atoms with Crippen molar-refractivity contribution in [2.75, 3.05) is 13.7 Å². The predicted octanol–water partition coefficient (Wildman–Crippen LogP) is 1.39. The van der Waals surface area contributed by atoms with Crippen LogP contribution in [0.1, 0.15) is 20.8 Å². The highest BCUT2D eigenvalue weighted by atomic mass is 16.5. The third-order valence-corrected chi connectivity index (χ3v) is 1.07. The highest BCUT2D eigenvalue weighted by Gasteiger charge is 1.93. The van der Waals surface area contributed by atoms with E-state index in [9.17, 15) is 4.79 Å². The summed E-state index contributed by atoms with van der Waals surface area (Å²) in [4.78, 5) is 10.8. The normalized spacial score (nSPS) is 9.85. The molecule has 0 aliphatic carbocycles. The molecule has 74 valence electrons. The largest absolute Gasteiger partial charge is 0.463 e. The molecule has 0 aliphatic heterocycles. The molecule has 4 nitrogen and oxygen atoms in total. The maximum Gasteiger partial charge on any atom is 0.332 e. The fraction of sp³-hybridized carbons (Fsp3) is 0.556. The molecule has 0 heterocycles. The van der Waals surface area contributed by atoms with Gasteiger partial charge in [-0.25, -0.2) is 4.79 Å². The summed E-state index contributed by atoms with van der Waals surface area (Å²) < 4.78 is 4.70. The van der Waals surface area contributed by atoms with Crippen LogP contribution in [0.2, 0.25) is 0 Å². The lowest BCUT2D eigenvalue weighted by Gasteiger charge is -2.06. The number of hydrogen-bond acceptors (Lipinski definition) is 4. The third kappa shape index (κ3) is 7.05. The highest BCUT2D eigenvalue weighted by molar-refractivity contribution is 5.82. The Balaban J connectivity index is 3.97. The molecule has 0 aromatic rings. The Labute approximate surface area is 78.9 Å². The van der Waals surface area contributed by atoms with E-state index in [0.717, 1.165) is 5.71 Å². The molecule has 0 aromatic carbocycles. The fourth-order valence-electron chi connectivity index (χ4n) is 0.708. The number of hydrogen-bond donors (Lipinski definition) is 0. The molecule has 0 bridgehead atoms. The van der Waals surface area contributed by atoms with Gasteiger partial charge in [0, 0.05) is 25.0 Å². The Morgan fingerprint density at radius 1 is 1.54 bits per heavy atom. The van der Waals surface area contributed by atoms with Gasteiger partial charge < -0.3 is 4.74 Å². The van der Waals surface area contributed by atoms with Crippen molar-refractivity contribution in [1.82, 2.24) is 5.01 Å². The van der Waals surface area contributed by atoms with Crippen LogP contribution in [0.5, 0.6) is 0 Å². The van der Waals surface area contributed by atoms with Crippen molar-refractivity contribution in [3.8, 4) is 0 Å². The quantitative estimate of drug-likeness (QED) is 0.287. The molecular weight excluding hydrogens is 168 g/mol. The summed E-state index contributed by atoms with van der Waals surface area (Å²) in [5.74, 6) is -0.349. The average Bonchev–Trinajstić information content (AvgIpc) is 2.00. The van der Waals surface area contributed by atoms with E-state index in [-0.39, 0.29) is 5.97 Å². The van der Waals surface area contributed by atoms with Crippen LogP contribution in [-0.2, 0) is 9.53 Å². The summed E-state index contributed by atoms with van der Waals surface area (Å²) >= 11 is 0. The van der Waals surface area contributed by atoms with E-state index in [1.54, 1.807) is 25.2 Å². The maximum atomic E-state index is 10.8. The van der Waals surface area contributed by atoms with E-state index in [1.807, 2.05) is 13.8 Å². The van der Waals surface area contributed by atoms with Crippen molar-refractivity contribution < 1.29 is 9.53 Å². The van der Waals surface area contributed by atoms with Gasteiger partial charge in [0.25, 0.3) is 0 Å². The number of esters is 1. The van der Waals surface area contributed by atoms with Gasteiger partial charge in [-0.3, -0.25) is 5.01 Å². The molecule has 0 N–H and O–H groups in total. The summed E-state index contributed by atoms with van der Waals surface area (Å²) in [6.45, 7) is 5.93. The first kappa shape index (κ1) is 11.7. The molecular formula is C9H16N2O2. The van der Waals surface area contributed by atoms with Gasteiger partial charge in [-0.05, 0) is 20.8 Å². The van der Waals surface area contributed by atoms with Gasteiger partial charge in [-0.15, -0.1) is 0 Å². The number of hydrazone groups is 1. The third-order valence-electron chi connectivity index (χ3n) is 1.07. The average molecular weight is 184 g/mol. The molecule has 0 saturated carbocycles. The van der Waals surface area contributed by atoms with Gasteiger partial charge in [0.05, 0.1) is 6.61 Å². The van der Waals surface area contributed by atoms with Crippen LogP contribution in [-0.4, -0.2) is 30.3 Å². The van der Waals surface area contributed by atoms with Crippen molar-refractivity contribution in [3.05, 3.63) is 12.3 Å². The predicted molar refractivity (Wildman–Crippen MR) is 52.3 cm³/mol. The van der Waals surface area contributed by atoms with Crippen LogP contribution < -0.4 is 0 Å². The van der Waals surface area contributed by atoms with Gasteiger partial charge in [0.15, 0.2) is 0 Å². The standard InChI is InChI=1S/C9H16N2O2/c1-5-13-9(12)6-7-11(4)10-8(2)3/h6-7H,5H2,1-4H3. The molecule has 0 spiro atoms. The molecule has 4 heteroatoms. The van der Waals surface area contributed by atoms with Crippen molar-refractivity contribution >= 4 is 11.7 Å². The first-order valence-electron chi connectivity index (χ1n) is 4.16. The van der Waals surface area contributed by atoms with E-state index in [0.29, 0.717) is 6.61 Å². The van der Waals surface area contributed by atoms with E-state index < -0.39 is 0 Å². The molecule has 0 aromatic heterocycles. The lowest BCUT2D eigenvalue weighted by atomic mass is 10.5. The minimum absolute atomic E-state index is 0.349. The van der Waals surface area contributed by atoms with Gasteiger partial charge in [0.1, 0.15) is 0 Å². The molecule has 0 rings (SSSR count). The Bertz CT molecular complexity index is 218. The maximum absolute atomic E-state index is 10.8. The van der Waals surface area contributed by atoms with Crippen LogP contribution in [0.4, 0.5) is 0 Å². The molecule has 0 amide bonds. The number of rotatable bonds is 4. The van der Waals surface area contributed by atoms with Crippen molar-refractivity contribution in [2.45, 2.75) is 20.8 Å². The molecule has 0 aliphatic rings. The molecule has 0 radical (unpaired) electrons. The second-order valence-electron chi connectivity index (χ2n) is 2.69. The van der Waals surface area contributed by atoms with E-state index in [4.69, 9.17) is 4.74 Å². The SMILES string of the molecule is CCOC(=O)C=CN(C)N=C(C)C. The van der Waals surface area contributed by atoms with Crippen molar-refractivity contribution in [2.24, 2.45) is 5.10 Å². The zero-order valence-electron chi connectivity index (χ0n) is 8.57. The second-order valence-corrected chi connectivity index (χ2v) is 2.69. The zero-order valence-corrected chi connectivity index (χ0v) is 8.57. The first-order chi connectivity index (χ1) is 6.06. The number of nitrogens with zero attached hydrogens (tertiary/aromatic N) is 2. The number of carbonyl (C=O) groups excluding carboxylic acids is 1. The van der Waals surface area contributed by atoms with E-state index in [1.165, 1.54) is 6.08 Å². The van der Waals surface area contributed by atoms with E-state index >= 15 is 0 Å². The van der Waals surface area contributed by atoms with E-state index in [2.05, 4.69) is 5.10 Å². The molecule has 0 saturated heterocycles. The Morgan fingerprint density at radius 2 is 2.15 bits per heavy atom. The number of ether oxygens (including phenoxy) is 1. The first-order valence-corrected chi connectivity index (χ1v) is 4.16. The van der Waals surface area contributed by atoms with Gasteiger partial charge in [-0.2, -0.15) is 5.10 Å². The summed E-state index contributed by atoms with van der Waals surface area (Å²) in [6, 6.07) is 0. The Kier molecular flexibility index (Phi) is 5.59. The topological polar surface area (TPSA) is 41.9 Å².